The predicted molar refractivity (Wildman–Crippen MR) is 46.7 cm³/mol. The quantitative estimate of drug-likeness (QED) is 0.551. The Balaban J connectivity index is 2.53. The van der Waals surface area contributed by atoms with Crippen molar-refractivity contribution in [1.29, 1.82) is 0 Å². The second-order valence-corrected chi connectivity index (χ2v) is 2.64. The second-order valence-electron chi connectivity index (χ2n) is 2.30. The zero-order valence-electron chi connectivity index (χ0n) is 7.16. The lowest BCUT2D eigenvalue weighted by atomic mass is 10.4. The lowest BCUT2D eigenvalue weighted by molar-refractivity contribution is -1.06. The van der Waals surface area contributed by atoms with E-state index in [4.69, 9.17) is 16.4 Å². The summed E-state index contributed by atoms with van der Waals surface area (Å²) >= 11 is 5.53. The van der Waals surface area contributed by atoms with E-state index in [0.29, 0.717) is 12.3 Å². The first-order valence-corrected chi connectivity index (χ1v) is 4.23. The van der Waals surface area contributed by atoms with E-state index >= 15 is 0 Å². The van der Waals surface area contributed by atoms with Crippen molar-refractivity contribution in [2.75, 3.05) is 6.61 Å². The Hall–Kier alpha value is -0.750. The average Bonchev–Trinajstić information content (AvgIpc) is 2.04. The van der Waals surface area contributed by atoms with Crippen LogP contribution in [0.4, 0.5) is 0 Å². The van der Waals surface area contributed by atoms with E-state index in [2.05, 4.69) is 9.97 Å². The maximum absolute atomic E-state index is 11.0. The van der Waals surface area contributed by atoms with Crippen molar-refractivity contribution in [3.8, 4) is 0 Å². The van der Waals surface area contributed by atoms with Gasteiger partial charge in [0.1, 0.15) is 18.8 Å². The molecule has 13 heavy (non-hydrogen) atoms. The molecule has 0 radical (unpaired) electrons. The average molecular weight is 204 g/mol. The molecule has 72 valence electrons. The molecular formula is C7H10ClN3O2. The Morgan fingerprint density at radius 2 is 2.46 bits per heavy atom. The van der Waals surface area contributed by atoms with E-state index in [1.54, 1.807) is 13.0 Å². The minimum atomic E-state index is -0.308. The number of rotatable bonds is 4. The molecule has 0 aliphatic heterocycles. The summed E-state index contributed by atoms with van der Waals surface area (Å²) in [6.45, 7) is 2.26. The van der Waals surface area contributed by atoms with Crippen molar-refractivity contribution in [3.05, 3.63) is 28.4 Å². The van der Waals surface area contributed by atoms with Crippen LogP contribution in [-0.4, -0.2) is 16.6 Å². The lowest BCUT2D eigenvalue weighted by Gasteiger charge is -2.17. The molecule has 1 unspecified atom stereocenters. The molecule has 1 N–H and O–H groups in total. The fourth-order valence-electron chi connectivity index (χ4n) is 0.828. The largest absolute Gasteiger partial charge is 0.600 e. The van der Waals surface area contributed by atoms with Crippen LogP contribution in [0.5, 0.6) is 0 Å². The predicted octanol–water partition coefficient (Wildman–Crippen LogP) is -0.0358. The number of hydrogen-bond acceptors (Lipinski definition) is 4. The maximum Gasteiger partial charge on any atom is 0.222 e. The highest BCUT2D eigenvalue weighted by molar-refractivity contribution is 6.28. The zero-order chi connectivity index (χ0) is 9.68. The summed E-state index contributed by atoms with van der Waals surface area (Å²) in [5.74, 6) is 0. The van der Waals surface area contributed by atoms with E-state index in [1.807, 2.05) is 0 Å². The van der Waals surface area contributed by atoms with Gasteiger partial charge in [0, 0.05) is 6.20 Å². The third kappa shape index (κ3) is 3.65. The molecule has 5 nitrogen and oxygen atoms in total. The third-order valence-corrected chi connectivity index (χ3v) is 1.50. The number of aromatic nitrogens is 2. The van der Waals surface area contributed by atoms with E-state index in [-0.39, 0.29) is 17.1 Å². The van der Waals surface area contributed by atoms with E-state index in [9.17, 15) is 5.21 Å². The number of hydrogen-bond donors (Lipinski definition) is 1. The van der Waals surface area contributed by atoms with Gasteiger partial charge >= 0.3 is 0 Å². The number of nitrogens with zero attached hydrogens (tertiary/aromatic N) is 2. The first-order chi connectivity index (χ1) is 6.22. The Morgan fingerprint density at radius 3 is 3.08 bits per heavy atom. The summed E-state index contributed by atoms with van der Waals surface area (Å²) < 4.78 is 0. The molecule has 0 saturated heterocycles. The molecule has 1 aromatic rings. The SMILES string of the molecule is CCO[NH+]([O-])Cc1ccnc(Cl)n1. The first-order valence-electron chi connectivity index (χ1n) is 3.85. The van der Waals surface area contributed by atoms with E-state index in [0.717, 1.165) is 0 Å². The van der Waals surface area contributed by atoms with Crippen LogP contribution in [0.15, 0.2) is 12.3 Å². The highest BCUT2D eigenvalue weighted by Crippen LogP contribution is 1.98. The van der Waals surface area contributed by atoms with Gasteiger partial charge in [0.15, 0.2) is 0 Å². The fraction of sp³-hybridized carbons (Fsp3) is 0.429. The zero-order valence-corrected chi connectivity index (χ0v) is 7.91. The van der Waals surface area contributed by atoms with Gasteiger partial charge in [-0.25, -0.2) is 20.0 Å². The summed E-state index contributed by atoms with van der Waals surface area (Å²) in [7, 11) is 0. The van der Waals surface area contributed by atoms with Crippen molar-refractivity contribution in [2.24, 2.45) is 0 Å². The molecule has 1 rings (SSSR count). The Morgan fingerprint density at radius 1 is 1.69 bits per heavy atom. The number of hydroxylamine groups is 2. The van der Waals surface area contributed by atoms with Crippen molar-refractivity contribution in [3.63, 3.8) is 0 Å². The molecule has 1 atom stereocenters. The van der Waals surface area contributed by atoms with Crippen LogP contribution in [-0.2, 0) is 11.4 Å². The van der Waals surface area contributed by atoms with Crippen LogP contribution in [0.1, 0.15) is 12.6 Å². The van der Waals surface area contributed by atoms with Gasteiger partial charge < -0.3 is 5.21 Å². The van der Waals surface area contributed by atoms with Crippen molar-refractivity contribution >= 4 is 11.6 Å². The summed E-state index contributed by atoms with van der Waals surface area (Å²) in [5.41, 5.74) is 0.568. The topological polar surface area (TPSA) is 62.5 Å². The van der Waals surface area contributed by atoms with Gasteiger partial charge in [0.25, 0.3) is 0 Å². The van der Waals surface area contributed by atoms with Crippen LogP contribution in [0.25, 0.3) is 0 Å². The Kier molecular flexibility index (Phi) is 4.04. The molecule has 0 aliphatic carbocycles. The van der Waals surface area contributed by atoms with E-state index in [1.165, 1.54) is 6.20 Å². The van der Waals surface area contributed by atoms with Gasteiger partial charge in [-0.05, 0) is 24.6 Å². The molecule has 0 fully saturated rings. The van der Waals surface area contributed by atoms with Gasteiger partial charge in [0.2, 0.25) is 5.28 Å². The molecule has 0 spiro atoms. The molecule has 0 bridgehead atoms. The van der Waals surface area contributed by atoms with Crippen LogP contribution >= 0.6 is 11.6 Å². The standard InChI is InChI=1S/C7H10ClN3O2/c1-2-13-11(12)5-6-3-4-9-7(8)10-6/h3-4,11H,2,5H2,1H3. The highest BCUT2D eigenvalue weighted by atomic mass is 35.5. The minimum absolute atomic E-state index is 0.135. The highest BCUT2D eigenvalue weighted by Gasteiger charge is 2.02. The number of nitrogens with one attached hydrogen (secondary N) is 1. The van der Waals surface area contributed by atoms with Crippen LogP contribution in [0.3, 0.4) is 0 Å². The summed E-state index contributed by atoms with van der Waals surface area (Å²) in [4.78, 5) is 12.3. The van der Waals surface area contributed by atoms with Crippen molar-refractivity contribution in [1.82, 2.24) is 9.97 Å². The van der Waals surface area contributed by atoms with Gasteiger partial charge in [-0.2, -0.15) is 0 Å². The molecule has 0 aliphatic rings. The first kappa shape index (κ1) is 10.3. The smallest absolute Gasteiger partial charge is 0.222 e. The van der Waals surface area contributed by atoms with Crippen molar-refractivity contribution in [2.45, 2.75) is 13.5 Å². The Bertz CT molecular complexity index is 272. The second kappa shape index (κ2) is 5.08. The monoisotopic (exact) mass is 203 g/mol. The van der Waals surface area contributed by atoms with Crippen LogP contribution in [0.2, 0.25) is 5.28 Å². The van der Waals surface area contributed by atoms with Crippen LogP contribution < -0.4 is 5.23 Å². The molecule has 1 aromatic heterocycles. The Labute approximate surface area is 80.8 Å². The van der Waals surface area contributed by atoms with Gasteiger partial charge in [-0.15, -0.1) is 0 Å². The van der Waals surface area contributed by atoms with Gasteiger partial charge in [-0.3, -0.25) is 0 Å². The van der Waals surface area contributed by atoms with Crippen molar-refractivity contribution < 1.29 is 10.1 Å². The number of quaternary nitrogens is 1. The molecule has 0 aromatic carbocycles. The third-order valence-electron chi connectivity index (χ3n) is 1.31. The molecule has 0 saturated carbocycles. The van der Waals surface area contributed by atoms with Crippen LogP contribution in [0, 0.1) is 5.21 Å². The lowest BCUT2D eigenvalue weighted by Crippen LogP contribution is -3.04. The minimum Gasteiger partial charge on any atom is -0.600 e. The fourth-order valence-corrected chi connectivity index (χ4v) is 0.993. The summed E-state index contributed by atoms with van der Waals surface area (Å²) in [6, 6.07) is 1.63. The molecule has 6 heteroatoms. The normalized spacial score (nSPS) is 12.8. The van der Waals surface area contributed by atoms with Gasteiger partial charge in [0.05, 0.1) is 0 Å². The van der Waals surface area contributed by atoms with E-state index < -0.39 is 0 Å². The van der Waals surface area contributed by atoms with Gasteiger partial charge in [-0.1, -0.05) is 0 Å². The number of halogens is 1. The molecule has 1 heterocycles. The summed E-state index contributed by atoms with van der Waals surface area (Å²) in [5, 5.41) is 10.8. The summed E-state index contributed by atoms with van der Waals surface area (Å²) in [6.07, 6.45) is 1.50. The molecular weight excluding hydrogens is 194 g/mol. The maximum atomic E-state index is 11.0. The molecule has 0 amide bonds.